The van der Waals surface area contributed by atoms with E-state index in [2.05, 4.69) is 15.5 Å². The van der Waals surface area contributed by atoms with Crippen molar-refractivity contribution in [3.63, 3.8) is 0 Å². The Hall–Kier alpha value is -3.22. The molecule has 0 atom stereocenters. The monoisotopic (exact) mass is 355 g/mol. The Morgan fingerprint density at radius 1 is 1.15 bits per heavy atom. The van der Waals surface area contributed by atoms with Gasteiger partial charge >= 0.3 is 0 Å². The number of carbonyl (C=O) groups excluding carboxylic acids is 1. The molecule has 0 unspecified atom stereocenters. The van der Waals surface area contributed by atoms with E-state index in [1.165, 1.54) is 12.1 Å². The number of para-hydroxylation sites is 2. The molecular weight excluding hydrogens is 337 g/mol. The van der Waals surface area contributed by atoms with Crippen LogP contribution in [0.4, 0.5) is 10.1 Å². The molecule has 0 aliphatic carbocycles. The lowest BCUT2D eigenvalue weighted by atomic mass is 10.2. The van der Waals surface area contributed by atoms with Gasteiger partial charge in [-0.2, -0.15) is 0 Å². The number of rotatable bonds is 7. The van der Waals surface area contributed by atoms with E-state index in [1.54, 1.807) is 24.3 Å². The average Bonchev–Trinajstić information content (AvgIpc) is 3.11. The maximum absolute atomic E-state index is 13.0. The number of ether oxygens (including phenoxy) is 1. The van der Waals surface area contributed by atoms with Crippen molar-refractivity contribution in [2.75, 3.05) is 11.9 Å². The van der Waals surface area contributed by atoms with Gasteiger partial charge in [-0.3, -0.25) is 4.79 Å². The van der Waals surface area contributed by atoms with E-state index in [4.69, 9.17) is 9.15 Å². The highest BCUT2D eigenvalue weighted by Crippen LogP contribution is 2.24. The molecule has 0 aliphatic heterocycles. The van der Waals surface area contributed by atoms with Crippen LogP contribution in [0.5, 0.6) is 5.75 Å². The first-order chi connectivity index (χ1) is 12.7. The quantitative estimate of drug-likeness (QED) is 0.697. The zero-order chi connectivity index (χ0) is 18.4. The average molecular weight is 355 g/mol. The number of nitrogens with zero attached hydrogens (tertiary/aromatic N) is 2. The maximum atomic E-state index is 13.0. The van der Waals surface area contributed by atoms with Crippen molar-refractivity contribution in [2.45, 2.75) is 19.8 Å². The second-order valence-electron chi connectivity index (χ2n) is 5.49. The summed E-state index contributed by atoms with van der Waals surface area (Å²) in [5.41, 5.74) is 1.25. The number of anilines is 1. The van der Waals surface area contributed by atoms with Crippen LogP contribution in [-0.2, 0) is 11.2 Å². The van der Waals surface area contributed by atoms with E-state index >= 15 is 0 Å². The number of aryl methyl sites for hydroxylation is 1. The van der Waals surface area contributed by atoms with E-state index in [0.717, 1.165) is 0 Å². The van der Waals surface area contributed by atoms with Crippen LogP contribution in [0.1, 0.15) is 19.2 Å². The highest BCUT2D eigenvalue weighted by Gasteiger charge is 2.12. The Kier molecular flexibility index (Phi) is 5.58. The predicted molar refractivity (Wildman–Crippen MR) is 94.3 cm³/mol. The van der Waals surface area contributed by atoms with Gasteiger partial charge in [-0.25, -0.2) is 4.39 Å². The van der Waals surface area contributed by atoms with Gasteiger partial charge in [0.2, 0.25) is 17.7 Å². The van der Waals surface area contributed by atoms with Gasteiger partial charge in [-0.15, -0.1) is 10.2 Å². The molecule has 1 heterocycles. The molecule has 7 heteroatoms. The van der Waals surface area contributed by atoms with Gasteiger partial charge in [0, 0.05) is 18.4 Å². The normalized spacial score (nSPS) is 10.5. The summed E-state index contributed by atoms with van der Waals surface area (Å²) in [6.07, 6.45) is 0.488. The smallest absolute Gasteiger partial charge is 0.247 e. The fourth-order valence-electron chi connectivity index (χ4n) is 2.35. The van der Waals surface area contributed by atoms with Crippen molar-refractivity contribution in [2.24, 2.45) is 0 Å². The molecule has 0 fully saturated rings. The number of carbonyl (C=O) groups is 1. The lowest BCUT2D eigenvalue weighted by Crippen LogP contribution is -2.13. The van der Waals surface area contributed by atoms with Crippen LogP contribution >= 0.6 is 0 Å². The lowest BCUT2D eigenvalue weighted by Gasteiger charge is -2.10. The topological polar surface area (TPSA) is 77.2 Å². The molecule has 26 heavy (non-hydrogen) atoms. The summed E-state index contributed by atoms with van der Waals surface area (Å²) in [4.78, 5) is 12.2. The fraction of sp³-hybridized carbons (Fsp3) is 0.211. The Morgan fingerprint density at radius 2 is 1.92 bits per heavy atom. The number of nitrogens with one attached hydrogen (secondary N) is 1. The summed E-state index contributed by atoms with van der Waals surface area (Å²) in [6.45, 7) is 2.40. The first-order valence-electron chi connectivity index (χ1n) is 8.25. The number of amides is 1. The molecule has 3 rings (SSSR count). The minimum absolute atomic E-state index is 0.182. The molecule has 1 N–H and O–H groups in total. The van der Waals surface area contributed by atoms with Crippen molar-refractivity contribution in [3.05, 3.63) is 60.2 Å². The Balaban J connectivity index is 1.58. The molecule has 0 saturated heterocycles. The minimum atomic E-state index is -0.336. The second-order valence-corrected chi connectivity index (χ2v) is 5.49. The summed E-state index contributed by atoms with van der Waals surface area (Å²) in [6, 6.07) is 13.0. The van der Waals surface area contributed by atoms with E-state index in [-0.39, 0.29) is 18.1 Å². The molecule has 0 bridgehead atoms. The van der Waals surface area contributed by atoms with Crippen molar-refractivity contribution < 1.29 is 18.3 Å². The number of halogens is 1. The van der Waals surface area contributed by atoms with Gasteiger partial charge < -0.3 is 14.5 Å². The van der Waals surface area contributed by atoms with Gasteiger partial charge in [-0.05, 0) is 43.3 Å². The molecule has 3 aromatic rings. The van der Waals surface area contributed by atoms with Crippen LogP contribution in [0.3, 0.4) is 0 Å². The molecule has 6 nitrogen and oxygen atoms in total. The number of aromatic nitrogens is 2. The number of hydrogen-bond acceptors (Lipinski definition) is 5. The Bertz CT molecular complexity index is 878. The molecule has 0 aliphatic rings. The third-order valence-electron chi connectivity index (χ3n) is 3.58. The zero-order valence-corrected chi connectivity index (χ0v) is 14.2. The van der Waals surface area contributed by atoms with Crippen LogP contribution in [0.15, 0.2) is 52.9 Å². The molecular formula is C19H18FN3O3. The highest BCUT2D eigenvalue weighted by molar-refractivity contribution is 5.92. The van der Waals surface area contributed by atoms with Crippen LogP contribution < -0.4 is 10.1 Å². The number of hydrogen-bond donors (Lipinski definition) is 1. The maximum Gasteiger partial charge on any atom is 0.247 e. The third-order valence-corrected chi connectivity index (χ3v) is 3.58. The van der Waals surface area contributed by atoms with Crippen molar-refractivity contribution in [1.29, 1.82) is 0 Å². The summed E-state index contributed by atoms with van der Waals surface area (Å²) in [5.74, 6) is 0.746. The summed E-state index contributed by atoms with van der Waals surface area (Å²) >= 11 is 0. The fourth-order valence-corrected chi connectivity index (χ4v) is 2.35. The first kappa shape index (κ1) is 17.6. The standard InChI is InChI=1S/C19H18FN3O3/c1-2-25-16-6-4-3-5-15(16)21-17(24)11-12-18-22-23-19(26-18)13-7-9-14(20)10-8-13/h3-10H,2,11-12H2,1H3,(H,21,24). The van der Waals surface area contributed by atoms with E-state index in [1.807, 2.05) is 19.1 Å². The Labute approximate surface area is 150 Å². The number of benzene rings is 2. The van der Waals surface area contributed by atoms with Crippen LogP contribution in [0, 0.1) is 5.82 Å². The van der Waals surface area contributed by atoms with Crippen LogP contribution in [0.2, 0.25) is 0 Å². The first-order valence-corrected chi connectivity index (χ1v) is 8.25. The van der Waals surface area contributed by atoms with Crippen LogP contribution in [0.25, 0.3) is 11.5 Å². The summed E-state index contributed by atoms with van der Waals surface area (Å²) < 4.78 is 24.0. The molecule has 2 aromatic carbocycles. The zero-order valence-electron chi connectivity index (χ0n) is 14.2. The summed E-state index contributed by atoms with van der Waals surface area (Å²) in [5, 5.41) is 10.7. The van der Waals surface area contributed by atoms with Gasteiger partial charge in [0.1, 0.15) is 11.6 Å². The predicted octanol–water partition coefficient (Wildman–Crippen LogP) is 3.85. The molecule has 134 valence electrons. The molecule has 1 aromatic heterocycles. The summed E-state index contributed by atoms with van der Waals surface area (Å²) in [7, 11) is 0. The van der Waals surface area contributed by atoms with Crippen molar-refractivity contribution in [3.8, 4) is 17.2 Å². The largest absolute Gasteiger partial charge is 0.492 e. The highest BCUT2D eigenvalue weighted by atomic mass is 19.1. The van der Waals surface area contributed by atoms with Gasteiger partial charge in [0.15, 0.2) is 0 Å². The van der Waals surface area contributed by atoms with Crippen molar-refractivity contribution >= 4 is 11.6 Å². The molecule has 0 saturated carbocycles. The molecule has 0 spiro atoms. The van der Waals surface area contributed by atoms with Gasteiger partial charge in [0.25, 0.3) is 0 Å². The minimum Gasteiger partial charge on any atom is -0.492 e. The molecule has 1 amide bonds. The van der Waals surface area contributed by atoms with E-state index in [9.17, 15) is 9.18 Å². The van der Waals surface area contributed by atoms with Gasteiger partial charge in [0.05, 0.1) is 12.3 Å². The Morgan fingerprint density at radius 3 is 2.69 bits per heavy atom. The van der Waals surface area contributed by atoms with E-state index in [0.29, 0.717) is 41.8 Å². The SMILES string of the molecule is CCOc1ccccc1NC(=O)CCc1nnc(-c2ccc(F)cc2)o1. The third kappa shape index (κ3) is 4.44. The molecule has 0 radical (unpaired) electrons. The van der Waals surface area contributed by atoms with Crippen LogP contribution in [-0.4, -0.2) is 22.7 Å². The van der Waals surface area contributed by atoms with Gasteiger partial charge in [-0.1, -0.05) is 12.1 Å². The lowest BCUT2D eigenvalue weighted by molar-refractivity contribution is -0.116. The van der Waals surface area contributed by atoms with E-state index < -0.39 is 0 Å². The second kappa shape index (κ2) is 8.24. The van der Waals surface area contributed by atoms with Crippen molar-refractivity contribution in [1.82, 2.24) is 10.2 Å².